The number of para-hydroxylation sites is 2. The second-order valence-corrected chi connectivity index (χ2v) is 8.56. The van der Waals surface area contributed by atoms with E-state index in [-0.39, 0.29) is 29.8 Å². The highest BCUT2D eigenvalue weighted by Crippen LogP contribution is 2.43. The van der Waals surface area contributed by atoms with Crippen LogP contribution in [0.1, 0.15) is 35.4 Å². The topological polar surface area (TPSA) is 107 Å². The summed E-state index contributed by atoms with van der Waals surface area (Å²) in [5.74, 6) is 1.47. The molecule has 2 aliphatic rings. The fraction of sp³-hybridized carbons (Fsp3) is 0.333. The third-order valence-corrected chi connectivity index (χ3v) is 6.54. The molecule has 2 saturated heterocycles. The Balaban J connectivity index is 1.20. The molecule has 1 amide bonds. The van der Waals surface area contributed by atoms with Gasteiger partial charge in [-0.05, 0) is 50.5 Å². The van der Waals surface area contributed by atoms with E-state index in [2.05, 4.69) is 25.1 Å². The maximum absolute atomic E-state index is 13.6. The van der Waals surface area contributed by atoms with Crippen LogP contribution in [0.2, 0.25) is 0 Å². The number of hydrogen-bond acceptors (Lipinski definition) is 8. The van der Waals surface area contributed by atoms with E-state index >= 15 is 0 Å². The maximum Gasteiger partial charge on any atom is 0.277 e. The second-order valence-electron chi connectivity index (χ2n) is 8.56. The van der Waals surface area contributed by atoms with E-state index in [1.54, 1.807) is 31.5 Å². The summed E-state index contributed by atoms with van der Waals surface area (Å²) in [6, 6.07) is 11.6. The highest BCUT2D eigenvalue weighted by atomic mass is 16.5. The van der Waals surface area contributed by atoms with E-state index in [0.29, 0.717) is 29.6 Å². The number of carbonyl (C=O) groups is 1. The van der Waals surface area contributed by atoms with Crippen molar-refractivity contribution >= 4 is 16.9 Å². The van der Waals surface area contributed by atoms with Gasteiger partial charge in [0.15, 0.2) is 5.82 Å². The van der Waals surface area contributed by atoms with Crippen LogP contribution in [0.4, 0.5) is 0 Å². The standard InChI is InChI=1S/C24H22N6O3/c1-14-27-23(33-29-14)22-17(5-4-10-25-22)24(31)30-16-8-9-20(30)15(11-16)13-32-21-12-26-18-6-2-3-7-19(18)28-21/h2-7,10,12,15-16,20H,8-9,11,13H2,1H3. The predicted molar refractivity (Wildman–Crippen MR) is 118 cm³/mol. The lowest BCUT2D eigenvalue weighted by Crippen LogP contribution is -2.37. The van der Waals surface area contributed by atoms with Crippen LogP contribution >= 0.6 is 0 Å². The number of nitrogens with zero attached hydrogens (tertiary/aromatic N) is 6. The molecule has 0 N–H and O–H groups in total. The van der Waals surface area contributed by atoms with Crippen LogP contribution in [0.3, 0.4) is 0 Å². The quantitative estimate of drug-likeness (QED) is 0.463. The summed E-state index contributed by atoms with van der Waals surface area (Å²) >= 11 is 0. The van der Waals surface area contributed by atoms with Crippen molar-refractivity contribution in [2.75, 3.05) is 6.61 Å². The van der Waals surface area contributed by atoms with Crippen molar-refractivity contribution in [2.45, 2.75) is 38.3 Å². The van der Waals surface area contributed by atoms with Crippen molar-refractivity contribution in [3.8, 4) is 17.5 Å². The highest BCUT2D eigenvalue weighted by molar-refractivity contribution is 5.99. The summed E-state index contributed by atoms with van der Waals surface area (Å²) in [6.45, 7) is 2.24. The number of pyridine rings is 1. The van der Waals surface area contributed by atoms with Gasteiger partial charge < -0.3 is 14.2 Å². The first-order valence-corrected chi connectivity index (χ1v) is 11.1. The summed E-state index contributed by atoms with van der Waals surface area (Å²) in [6.07, 6.45) is 6.16. The van der Waals surface area contributed by atoms with Gasteiger partial charge in [-0.1, -0.05) is 17.3 Å². The van der Waals surface area contributed by atoms with Gasteiger partial charge >= 0.3 is 0 Å². The fourth-order valence-corrected chi connectivity index (χ4v) is 5.09. The van der Waals surface area contributed by atoms with Crippen molar-refractivity contribution in [1.82, 2.24) is 30.0 Å². The van der Waals surface area contributed by atoms with Crippen molar-refractivity contribution in [3.63, 3.8) is 0 Å². The van der Waals surface area contributed by atoms with E-state index < -0.39 is 0 Å². The molecule has 166 valence electrons. The van der Waals surface area contributed by atoms with Crippen LogP contribution < -0.4 is 4.74 Å². The van der Waals surface area contributed by atoms with Crippen molar-refractivity contribution < 1.29 is 14.1 Å². The Labute approximate surface area is 189 Å². The molecule has 0 radical (unpaired) electrons. The van der Waals surface area contributed by atoms with Crippen LogP contribution in [0.5, 0.6) is 5.88 Å². The van der Waals surface area contributed by atoms with Gasteiger partial charge in [0.1, 0.15) is 5.69 Å². The minimum atomic E-state index is -0.0468. The van der Waals surface area contributed by atoms with Gasteiger partial charge in [0, 0.05) is 24.2 Å². The van der Waals surface area contributed by atoms with E-state index in [1.165, 1.54) is 0 Å². The Hall–Kier alpha value is -3.88. The SMILES string of the molecule is Cc1noc(-c2ncccc2C(=O)N2C3CCC2C(COc2cnc4ccccc4n2)C3)n1. The Morgan fingerprint density at radius 2 is 2.00 bits per heavy atom. The Morgan fingerprint density at radius 3 is 2.85 bits per heavy atom. The highest BCUT2D eigenvalue weighted by Gasteiger charge is 2.49. The number of fused-ring (bicyclic) bond motifs is 3. The molecule has 0 spiro atoms. The van der Waals surface area contributed by atoms with Gasteiger partial charge in [-0.15, -0.1) is 0 Å². The lowest BCUT2D eigenvalue weighted by atomic mass is 9.90. The van der Waals surface area contributed by atoms with Crippen LogP contribution in [0.25, 0.3) is 22.6 Å². The third kappa shape index (κ3) is 3.49. The van der Waals surface area contributed by atoms with Crippen molar-refractivity contribution in [1.29, 1.82) is 0 Å². The number of rotatable bonds is 5. The lowest BCUT2D eigenvalue weighted by molar-refractivity contribution is 0.0710. The molecule has 9 heteroatoms. The van der Waals surface area contributed by atoms with E-state index in [4.69, 9.17) is 9.26 Å². The van der Waals surface area contributed by atoms with Crippen molar-refractivity contribution in [2.24, 2.45) is 5.92 Å². The number of benzene rings is 1. The molecule has 2 aliphatic heterocycles. The molecule has 4 aromatic rings. The zero-order valence-electron chi connectivity index (χ0n) is 18.1. The summed E-state index contributed by atoms with van der Waals surface area (Å²) in [4.78, 5) is 33.2. The molecule has 0 saturated carbocycles. The number of amides is 1. The van der Waals surface area contributed by atoms with Crippen LogP contribution in [-0.4, -0.2) is 54.6 Å². The molecule has 5 heterocycles. The molecule has 2 fully saturated rings. The molecule has 3 atom stereocenters. The largest absolute Gasteiger partial charge is 0.476 e. The van der Waals surface area contributed by atoms with Gasteiger partial charge in [0.05, 0.1) is 29.4 Å². The van der Waals surface area contributed by atoms with Gasteiger partial charge in [0.25, 0.3) is 11.8 Å². The van der Waals surface area contributed by atoms with Gasteiger partial charge in [-0.2, -0.15) is 4.98 Å². The smallest absolute Gasteiger partial charge is 0.277 e. The monoisotopic (exact) mass is 442 g/mol. The molecule has 3 aromatic heterocycles. The number of aromatic nitrogens is 5. The number of ether oxygens (including phenoxy) is 1. The first-order valence-electron chi connectivity index (χ1n) is 11.1. The van der Waals surface area contributed by atoms with Crippen LogP contribution in [0, 0.1) is 12.8 Å². The first kappa shape index (κ1) is 19.8. The number of carbonyl (C=O) groups excluding carboxylic acids is 1. The van der Waals surface area contributed by atoms with E-state index in [0.717, 1.165) is 30.3 Å². The minimum Gasteiger partial charge on any atom is -0.476 e. The predicted octanol–water partition coefficient (Wildman–Crippen LogP) is 3.46. The van der Waals surface area contributed by atoms with Crippen LogP contribution in [-0.2, 0) is 0 Å². The summed E-state index contributed by atoms with van der Waals surface area (Å²) in [5.41, 5.74) is 2.55. The molecule has 33 heavy (non-hydrogen) atoms. The Bertz CT molecular complexity index is 1340. The summed E-state index contributed by atoms with van der Waals surface area (Å²) < 4.78 is 11.3. The molecule has 3 unspecified atom stereocenters. The van der Waals surface area contributed by atoms with Gasteiger partial charge in [-0.25, -0.2) is 9.97 Å². The fourth-order valence-electron chi connectivity index (χ4n) is 5.09. The van der Waals surface area contributed by atoms with Crippen LogP contribution in [0.15, 0.2) is 53.3 Å². The molecule has 0 aliphatic carbocycles. The first-order chi connectivity index (χ1) is 16.2. The summed E-state index contributed by atoms with van der Waals surface area (Å²) in [7, 11) is 0. The number of aryl methyl sites for hydroxylation is 1. The zero-order valence-corrected chi connectivity index (χ0v) is 18.1. The van der Waals surface area contributed by atoms with E-state index in [9.17, 15) is 4.79 Å². The van der Waals surface area contributed by atoms with E-state index in [1.807, 2.05) is 29.2 Å². The Morgan fingerprint density at radius 1 is 1.12 bits per heavy atom. The molecule has 9 nitrogen and oxygen atoms in total. The minimum absolute atomic E-state index is 0.0468. The van der Waals surface area contributed by atoms with Gasteiger partial charge in [-0.3, -0.25) is 9.78 Å². The zero-order chi connectivity index (χ0) is 22.4. The average Bonchev–Trinajstić information content (AvgIpc) is 3.56. The average molecular weight is 442 g/mol. The lowest BCUT2D eigenvalue weighted by Gasteiger charge is -2.25. The molecule has 6 rings (SSSR count). The second kappa shape index (κ2) is 7.91. The Kier molecular flexibility index (Phi) is 4.74. The third-order valence-electron chi connectivity index (χ3n) is 6.54. The maximum atomic E-state index is 13.6. The molecular formula is C24H22N6O3. The molecule has 1 aromatic carbocycles. The van der Waals surface area contributed by atoms with Crippen molar-refractivity contribution in [3.05, 3.63) is 60.2 Å². The normalized spacial score (nSPS) is 21.6. The molecular weight excluding hydrogens is 420 g/mol. The number of hydrogen-bond donors (Lipinski definition) is 0. The molecule has 2 bridgehead atoms. The summed E-state index contributed by atoms with van der Waals surface area (Å²) in [5, 5.41) is 3.84. The van der Waals surface area contributed by atoms with Gasteiger partial charge in [0.2, 0.25) is 5.88 Å².